The summed E-state index contributed by atoms with van der Waals surface area (Å²) in [6.45, 7) is 9.53. The Kier molecular flexibility index (Phi) is 3.39. The summed E-state index contributed by atoms with van der Waals surface area (Å²) >= 11 is 0. The van der Waals surface area contributed by atoms with Gasteiger partial charge in [0, 0.05) is 24.1 Å². The SMILES string of the molecule is CC1(C)CC(Nc2ccc3nccnc3c2)CC(C)(C)C1. The molecule has 1 heterocycles. The van der Waals surface area contributed by atoms with Crippen molar-refractivity contribution >= 4 is 16.7 Å². The van der Waals surface area contributed by atoms with Gasteiger partial charge in [-0.1, -0.05) is 27.7 Å². The molecule has 0 radical (unpaired) electrons. The highest BCUT2D eigenvalue weighted by molar-refractivity contribution is 5.78. The van der Waals surface area contributed by atoms with Crippen LogP contribution in [-0.4, -0.2) is 16.0 Å². The first-order chi connectivity index (χ1) is 9.83. The molecule has 2 aromatic rings. The Morgan fingerprint density at radius 1 is 0.952 bits per heavy atom. The normalized spacial score (nSPS) is 21.3. The number of nitrogens with zero attached hydrogens (tertiary/aromatic N) is 2. The molecule has 0 atom stereocenters. The third-order valence-electron chi connectivity index (χ3n) is 4.40. The molecule has 0 amide bonds. The smallest absolute Gasteiger partial charge is 0.0907 e. The Labute approximate surface area is 127 Å². The van der Waals surface area contributed by atoms with E-state index in [0.29, 0.717) is 16.9 Å². The first-order valence-corrected chi connectivity index (χ1v) is 7.80. The van der Waals surface area contributed by atoms with Crippen LogP contribution in [0.2, 0.25) is 0 Å². The van der Waals surface area contributed by atoms with E-state index in [0.717, 1.165) is 16.7 Å². The van der Waals surface area contributed by atoms with Crippen LogP contribution in [0.3, 0.4) is 0 Å². The van der Waals surface area contributed by atoms with Crippen molar-refractivity contribution < 1.29 is 0 Å². The predicted octanol–water partition coefficient (Wildman–Crippen LogP) is 4.65. The van der Waals surface area contributed by atoms with Gasteiger partial charge in [-0.15, -0.1) is 0 Å². The lowest BCUT2D eigenvalue weighted by atomic mass is 9.63. The molecular weight excluding hydrogens is 258 g/mol. The Balaban J connectivity index is 1.81. The van der Waals surface area contributed by atoms with Crippen molar-refractivity contribution in [1.29, 1.82) is 0 Å². The van der Waals surface area contributed by atoms with Gasteiger partial charge in [-0.3, -0.25) is 9.97 Å². The van der Waals surface area contributed by atoms with Gasteiger partial charge in [-0.2, -0.15) is 0 Å². The van der Waals surface area contributed by atoms with E-state index in [-0.39, 0.29) is 0 Å². The Hall–Kier alpha value is -1.64. The Morgan fingerprint density at radius 3 is 2.24 bits per heavy atom. The van der Waals surface area contributed by atoms with E-state index in [2.05, 4.69) is 55.1 Å². The van der Waals surface area contributed by atoms with Gasteiger partial charge in [0.05, 0.1) is 11.0 Å². The molecule has 1 aliphatic carbocycles. The Morgan fingerprint density at radius 2 is 1.57 bits per heavy atom. The summed E-state index contributed by atoms with van der Waals surface area (Å²) in [5, 5.41) is 3.72. The average Bonchev–Trinajstić information content (AvgIpc) is 2.34. The molecule has 3 nitrogen and oxygen atoms in total. The summed E-state index contributed by atoms with van der Waals surface area (Å²) in [5.74, 6) is 0. The van der Waals surface area contributed by atoms with Gasteiger partial charge in [-0.25, -0.2) is 0 Å². The highest BCUT2D eigenvalue weighted by atomic mass is 14.9. The Bertz CT molecular complexity index is 630. The monoisotopic (exact) mass is 283 g/mol. The van der Waals surface area contributed by atoms with E-state index in [1.807, 2.05) is 6.07 Å². The molecule has 1 aliphatic rings. The number of hydrogen-bond donors (Lipinski definition) is 1. The van der Waals surface area contributed by atoms with Crippen molar-refractivity contribution in [2.45, 2.75) is 53.0 Å². The maximum Gasteiger partial charge on any atom is 0.0907 e. The minimum absolute atomic E-state index is 0.399. The largest absolute Gasteiger partial charge is 0.382 e. The van der Waals surface area contributed by atoms with Crippen molar-refractivity contribution in [3.8, 4) is 0 Å². The molecule has 0 spiro atoms. The molecule has 21 heavy (non-hydrogen) atoms. The van der Waals surface area contributed by atoms with E-state index < -0.39 is 0 Å². The average molecular weight is 283 g/mol. The summed E-state index contributed by atoms with van der Waals surface area (Å²) in [5.41, 5.74) is 3.86. The number of rotatable bonds is 2. The van der Waals surface area contributed by atoms with E-state index in [1.54, 1.807) is 12.4 Å². The van der Waals surface area contributed by atoms with Gasteiger partial charge in [0.1, 0.15) is 0 Å². The number of anilines is 1. The van der Waals surface area contributed by atoms with Gasteiger partial charge in [0.2, 0.25) is 0 Å². The molecule has 3 rings (SSSR count). The van der Waals surface area contributed by atoms with Crippen molar-refractivity contribution in [3.63, 3.8) is 0 Å². The van der Waals surface area contributed by atoms with Gasteiger partial charge < -0.3 is 5.32 Å². The molecule has 112 valence electrons. The second-order valence-electron chi connectivity index (χ2n) is 8.01. The zero-order valence-electron chi connectivity index (χ0n) is 13.5. The number of hydrogen-bond acceptors (Lipinski definition) is 3. The second-order valence-corrected chi connectivity index (χ2v) is 8.01. The third-order valence-corrected chi connectivity index (χ3v) is 4.40. The van der Waals surface area contributed by atoms with E-state index in [4.69, 9.17) is 0 Å². The number of fused-ring (bicyclic) bond motifs is 1. The van der Waals surface area contributed by atoms with Crippen LogP contribution in [0.4, 0.5) is 5.69 Å². The molecule has 1 N–H and O–H groups in total. The van der Waals surface area contributed by atoms with Gasteiger partial charge in [-0.05, 0) is 48.3 Å². The molecule has 1 aromatic carbocycles. The van der Waals surface area contributed by atoms with Crippen LogP contribution in [0.25, 0.3) is 11.0 Å². The van der Waals surface area contributed by atoms with Crippen LogP contribution in [0, 0.1) is 10.8 Å². The summed E-state index contributed by atoms with van der Waals surface area (Å²) in [6, 6.07) is 6.80. The van der Waals surface area contributed by atoms with E-state index in [9.17, 15) is 0 Å². The maximum atomic E-state index is 4.39. The lowest BCUT2D eigenvalue weighted by molar-refractivity contribution is 0.105. The first-order valence-electron chi connectivity index (χ1n) is 7.80. The van der Waals surface area contributed by atoms with Crippen LogP contribution in [-0.2, 0) is 0 Å². The van der Waals surface area contributed by atoms with E-state index in [1.165, 1.54) is 19.3 Å². The minimum atomic E-state index is 0.399. The number of benzene rings is 1. The fourth-order valence-corrected chi connectivity index (χ4v) is 4.24. The highest BCUT2D eigenvalue weighted by Gasteiger charge is 2.38. The van der Waals surface area contributed by atoms with E-state index >= 15 is 0 Å². The van der Waals surface area contributed by atoms with Crippen molar-refractivity contribution in [2.24, 2.45) is 10.8 Å². The number of nitrogens with one attached hydrogen (secondary N) is 1. The third kappa shape index (κ3) is 3.34. The second kappa shape index (κ2) is 4.97. The lowest BCUT2D eigenvalue weighted by Gasteiger charge is -2.45. The zero-order chi connectivity index (χ0) is 15.1. The van der Waals surface area contributed by atoms with Crippen LogP contribution < -0.4 is 5.32 Å². The molecule has 0 unspecified atom stereocenters. The van der Waals surface area contributed by atoms with Crippen LogP contribution in [0.5, 0.6) is 0 Å². The highest BCUT2D eigenvalue weighted by Crippen LogP contribution is 2.46. The fraction of sp³-hybridized carbons (Fsp3) is 0.556. The van der Waals surface area contributed by atoms with Crippen molar-refractivity contribution in [3.05, 3.63) is 30.6 Å². The molecule has 1 saturated carbocycles. The molecule has 1 aromatic heterocycles. The first kappa shape index (κ1) is 14.3. The number of aromatic nitrogens is 2. The van der Waals surface area contributed by atoms with Gasteiger partial charge in [0.15, 0.2) is 0 Å². The maximum absolute atomic E-state index is 4.39. The van der Waals surface area contributed by atoms with Crippen LogP contribution in [0.1, 0.15) is 47.0 Å². The zero-order valence-corrected chi connectivity index (χ0v) is 13.5. The van der Waals surface area contributed by atoms with Gasteiger partial charge in [0.25, 0.3) is 0 Å². The lowest BCUT2D eigenvalue weighted by Crippen LogP contribution is -2.40. The predicted molar refractivity (Wildman–Crippen MR) is 88.4 cm³/mol. The standard InChI is InChI=1S/C18H25N3/c1-17(2)10-14(11-18(3,4)12-17)21-13-5-6-15-16(9-13)20-8-7-19-15/h5-9,14,21H,10-12H2,1-4H3. The van der Waals surface area contributed by atoms with Crippen molar-refractivity contribution in [2.75, 3.05) is 5.32 Å². The fourth-order valence-electron chi connectivity index (χ4n) is 4.24. The molecule has 0 saturated heterocycles. The van der Waals surface area contributed by atoms with Crippen LogP contribution >= 0.6 is 0 Å². The summed E-state index contributed by atoms with van der Waals surface area (Å²) in [6.07, 6.45) is 7.21. The summed E-state index contributed by atoms with van der Waals surface area (Å²) in [7, 11) is 0. The molecule has 0 bridgehead atoms. The van der Waals surface area contributed by atoms with Gasteiger partial charge >= 0.3 is 0 Å². The quantitative estimate of drug-likeness (QED) is 0.872. The molecule has 1 fully saturated rings. The summed E-state index contributed by atoms with van der Waals surface area (Å²) < 4.78 is 0. The van der Waals surface area contributed by atoms with Crippen molar-refractivity contribution in [1.82, 2.24) is 9.97 Å². The topological polar surface area (TPSA) is 37.8 Å². The summed E-state index contributed by atoms with van der Waals surface area (Å²) in [4.78, 5) is 8.71. The minimum Gasteiger partial charge on any atom is -0.382 e. The molecular formula is C18H25N3. The molecule has 3 heteroatoms. The van der Waals surface area contributed by atoms with Crippen LogP contribution in [0.15, 0.2) is 30.6 Å². The molecule has 0 aliphatic heterocycles.